The molecule has 0 heterocycles. The van der Waals surface area contributed by atoms with E-state index in [1.165, 1.54) is 0 Å². The van der Waals surface area contributed by atoms with Crippen LogP contribution < -0.4 is 10.1 Å². The summed E-state index contributed by atoms with van der Waals surface area (Å²) in [5.74, 6) is -0.139. The van der Waals surface area contributed by atoms with Gasteiger partial charge in [-0.15, -0.1) is 0 Å². The summed E-state index contributed by atoms with van der Waals surface area (Å²) in [5, 5.41) is 2.64. The third kappa shape index (κ3) is 7.50. The van der Waals surface area contributed by atoms with Crippen molar-refractivity contribution < 1.29 is 28.6 Å². The molecule has 7 heteroatoms. The fourth-order valence-electron chi connectivity index (χ4n) is 5.01. The van der Waals surface area contributed by atoms with Gasteiger partial charge in [0.05, 0.1) is 13.5 Å². The molecule has 0 aromatic heterocycles. The van der Waals surface area contributed by atoms with Crippen molar-refractivity contribution >= 4 is 17.8 Å². The van der Waals surface area contributed by atoms with Crippen molar-refractivity contribution in [1.29, 1.82) is 0 Å². The van der Waals surface area contributed by atoms with Gasteiger partial charge in [-0.25, -0.2) is 4.79 Å². The Bertz CT molecular complexity index is 1300. The maximum absolute atomic E-state index is 13.2. The van der Waals surface area contributed by atoms with Crippen molar-refractivity contribution in [2.75, 3.05) is 13.7 Å². The molecule has 1 N–H and O–H groups in total. The van der Waals surface area contributed by atoms with Crippen LogP contribution in [-0.2, 0) is 25.5 Å². The number of ether oxygens (including phenoxy) is 3. The van der Waals surface area contributed by atoms with E-state index in [0.717, 1.165) is 33.6 Å². The summed E-state index contributed by atoms with van der Waals surface area (Å²) in [5.41, 5.74) is 4.81. The lowest BCUT2D eigenvalue weighted by Crippen LogP contribution is -2.43. The van der Waals surface area contributed by atoms with Crippen LogP contribution >= 0.6 is 0 Å². The number of fused-ring (bicyclic) bond motifs is 3. The van der Waals surface area contributed by atoms with Crippen molar-refractivity contribution in [3.05, 3.63) is 89.5 Å². The van der Waals surface area contributed by atoms with Crippen molar-refractivity contribution in [3.63, 3.8) is 0 Å². The number of aryl methyl sites for hydroxylation is 1. The van der Waals surface area contributed by atoms with Crippen LogP contribution in [0, 0.1) is 0 Å². The van der Waals surface area contributed by atoms with Crippen LogP contribution in [0.15, 0.2) is 72.8 Å². The van der Waals surface area contributed by atoms with Crippen LogP contribution in [-0.4, -0.2) is 43.2 Å². The minimum Gasteiger partial charge on any atom is -0.497 e. The molecule has 0 aliphatic heterocycles. The third-order valence-electron chi connectivity index (χ3n) is 6.86. The molecule has 0 saturated heterocycles. The van der Waals surface area contributed by atoms with Gasteiger partial charge in [-0.2, -0.15) is 0 Å². The molecule has 1 aliphatic carbocycles. The van der Waals surface area contributed by atoms with Gasteiger partial charge in [0.25, 0.3) is 0 Å². The van der Waals surface area contributed by atoms with Gasteiger partial charge in [0.1, 0.15) is 24.0 Å². The first kappa shape index (κ1) is 28.9. The zero-order chi connectivity index (χ0) is 28.7. The van der Waals surface area contributed by atoms with Crippen LogP contribution in [0.4, 0.5) is 4.79 Å². The van der Waals surface area contributed by atoms with Gasteiger partial charge in [0.2, 0.25) is 0 Å². The van der Waals surface area contributed by atoms with Crippen LogP contribution in [0.5, 0.6) is 5.75 Å². The van der Waals surface area contributed by atoms with Gasteiger partial charge >= 0.3 is 12.1 Å². The maximum Gasteiger partial charge on any atom is 0.407 e. The molecule has 0 bridgehead atoms. The normalized spacial score (nSPS) is 13.1. The fourth-order valence-corrected chi connectivity index (χ4v) is 5.01. The molecule has 0 radical (unpaired) electrons. The summed E-state index contributed by atoms with van der Waals surface area (Å²) < 4.78 is 16.2. The number of rotatable bonds is 11. The van der Waals surface area contributed by atoms with Crippen molar-refractivity contribution in [2.24, 2.45) is 0 Å². The zero-order valence-electron chi connectivity index (χ0n) is 23.6. The van der Waals surface area contributed by atoms with E-state index in [0.29, 0.717) is 12.8 Å². The SMILES string of the molecule is COc1ccc(CCCC(=O)[C@H](CC(=O)OC(C)(C)C)NC(=O)OCC2c3ccccc3-c3ccccc32)cc1. The first-order chi connectivity index (χ1) is 19.1. The van der Waals surface area contributed by atoms with Crippen LogP contribution in [0.3, 0.4) is 0 Å². The molecule has 3 aromatic rings. The average Bonchev–Trinajstić information content (AvgIpc) is 3.24. The second-order valence-corrected chi connectivity index (χ2v) is 11.0. The molecule has 1 amide bonds. The predicted molar refractivity (Wildman–Crippen MR) is 153 cm³/mol. The van der Waals surface area contributed by atoms with E-state index in [1.54, 1.807) is 27.9 Å². The van der Waals surface area contributed by atoms with Crippen LogP contribution in [0.25, 0.3) is 11.1 Å². The molecule has 0 unspecified atom stereocenters. The molecule has 0 spiro atoms. The molecular formula is C33H37NO6. The van der Waals surface area contributed by atoms with Gasteiger partial charge in [-0.1, -0.05) is 60.7 Å². The number of alkyl carbamates (subject to hydrolysis) is 1. The van der Waals surface area contributed by atoms with E-state index in [1.807, 2.05) is 60.7 Å². The number of hydrogen-bond acceptors (Lipinski definition) is 6. The van der Waals surface area contributed by atoms with E-state index in [9.17, 15) is 14.4 Å². The molecule has 0 saturated carbocycles. The smallest absolute Gasteiger partial charge is 0.407 e. The Hall–Kier alpha value is -4.13. The molecule has 7 nitrogen and oxygen atoms in total. The summed E-state index contributed by atoms with van der Waals surface area (Å²) in [6.07, 6.45) is 0.452. The molecule has 3 aromatic carbocycles. The Morgan fingerprint density at radius 2 is 1.48 bits per heavy atom. The second-order valence-electron chi connectivity index (χ2n) is 11.0. The average molecular weight is 544 g/mol. The summed E-state index contributed by atoms with van der Waals surface area (Å²) in [6, 6.07) is 22.8. The molecule has 4 rings (SSSR count). The third-order valence-corrected chi connectivity index (χ3v) is 6.86. The molecule has 1 atom stereocenters. The zero-order valence-corrected chi connectivity index (χ0v) is 23.6. The highest BCUT2D eigenvalue weighted by Gasteiger charge is 2.31. The number of benzene rings is 3. The number of carbonyl (C=O) groups excluding carboxylic acids is 3. The summed E-state index contributed by atoms with van der Waals surface area (Å²) in [7, 11) is 1.61. The van der Waals surface area contributed by atoms with E-state index >= 15 is 0 Å². The Labute approximate surface area is 235 Å². The standard InChI is InChI=1S/C33H37NO6/c1-33(2,3)40-31(36)20-29(30(35)15-9-10-22-16-18-23(38-4)19-17-22)34-32(37)39-21-28-26-13-7-5-11-24(26)25-12-6-8-14-27(25)28/h5-8,11-14,16-19,28-29H,9-10,15,20-21H2,1-4H3,(H,34,37)/t29-/m0/s1. The quantitative estimate of drug-likeness (QED) is 0.289. The van der Waals surface area contributed by atoms with Gasteiger partial charge in [-0.3, -0.25) is 9.59 Å². The maximum atomic E-state index is 13.2. The Kier molecular flexibility index (Phi) is 9.25. The highest BCUT2D eigenvalue weighted by Crippen LogP contribution is 2.44. The van der Waals surface area contributed by atoms with Gasteiger partial charge < -0.3 is 19.5 Å². The summed E-state index contributed by atoms with van der Waals surface area (Å²) in [6.45, 7) is 5.39. The number of Topliss-reactive ketones (excluding diaryl/α,β-unsaturated/α-hetero) is 1. The minimum absolute atomic E-state index is 0.109. The Balaban J connectivity index is 1.38. The van der Waals surface area contributed by atoms with Gasteiger partial charge in [0.15, 0.2) is 5.78 Å². The highest BCUT2D eigenvalue weighted by atomic mass is 16.6. The number of ketones is 1. The number of esters is 1. The van der Waals surface area contributed by atoms with E-state index < -0.39 is 23.7 Å². The number of nitrogens with one attached hydrogen (secondary N) is 1. The molecule has 210 valence electrons. The van der Waals surface area contributed by atoms with Gasteiger partial charge in [0, 0.05) is 12.3 Å². The van der Waals surface area contributed by atoms with Crippen molar-refractivity contribution in [2.45, 2.75) is 64.0 Å². The minimum atomic E-state index is -1.04. The first-order valence-electron chi connectivity index (χ1n) is 13.6. The number of methoxy groups -OCH3 is 1. The second kappa shape index (κ2) is 12.8. The largest absolute Gasteiger partial charge is 0.497 e. The highest BCUT2D eigenvalue weighted by molar-refractivity contribution is 5.91. The lowest BCUT2D eigenvalue weighted by Gasteiger charge is -2.22. The topological polar surface area (TPSA) is 90.9 Å². The predicted octanol–water partition coefficient (Wildman–Crippen LogP) is 6.23. The lowest BCUT2D eigenvalue weighted by molar-refractivity contribution is -0.156. The molecule has 40 heavy (non-hydrogen) atoms. The lowest BCUT2D eigenvalue weighted by atomic mass is 9.98. The molecule has 1 aliphatic rings. The number of amides is 1. The number of hydrogen-bond donors (Lipinski definition) is 1. The first-order valence-corrected chi connectivity index (χ1v) is 13.6. The Morgan fingerprint density at radius 3 is 2.05 bits per heavy atom. The number of carbonyl (C=O) groups is 3. The summed E-state index contributed by atoms with van der Waals surface area (Å²) >= 11 is 0. The van der Waals surface area contributed by atoms with E-state index in [-0.39, 0.29) is 31.1 Å². The monoisotopic (exact) mass is 543 g/mol. The van der Waals surface area contributed by atoms with Crippen molar-refractivity contribution in [3.8, 4) is 16.9 Å². The van der Waals surface area contributed by atoms with Gasteiger partial charge in [-0.05, 0) is 73.6 Å². The van der Waals surface area contributed by atoms with E-state index in [4.69, 9.17) is 14.2 Å². The van der Waals surface area contributed by atoms with Crippen LogP contribution in [0.2, 0.25) is 0 Å². The molecule has 0 fully saturated rings. The van der Waals surface area contributed by atoms with Crippen LogP contribution in [0.1, 0.15) is 62.6 Å². The van der Waals surface area contributed by atoms with E-state index in [2.05, 4.69) is 17.4 Å². The molecular weight excluding hydrogens is 506 g/mol. The van der Waals surface area contributed by atoms with Crippen molar-refractivity contribution in [1.82, 2.24) is 5.32 Å². The Morgan fingerprint density at radius 1 is 0.875 bits per heavy atom. The summed E-state index contributed by atoms with van der Waals surface area (Å²) in [4.78, 5) is 38.6. The fraction of sp³-hybridized carbons (Fsp3) is 0.364.